The minimum Gasteiger partial charge on any atom is -0.386 e. The molecule has 0 rings (SSSR count). The zero-order valence-electron chi connectivity index (χ0n) is 8.29. The first-order valence-corrected chi connectivity index (χ1v) is 4.34. The second-order valence-corrected chi connectivity index (χ2v) is 3.44. The molecular weight excluding hydrogens is 152 g/mol. The lowest BCUT2D eigenvalue weighted by Crippen LogP contribution is -2.31. The van der Waals surface area contributed by atoms with E-state index in [9.17, 15) is 9.90 Å². The summed E-state index contributed by atoms with van der Waals surface area (Å²) in [6, 6.07) is 0. The molecule has 12 heavy (non-hydrogen) atoms. The van der Waals surface area contributed by atoms with Crippen molar-refractivity contribution in [3.8, 4) is 0 Å². The second kappa shape index (κ2) is 4.41. The number of allylic oxidation sites excluding steroid dienone is 1. The fraction of sp³-hybridized carbons (Fsp3) is 0.700. The molecule has 0 aromatic heterocycles. The lowest BCUT2D eigenvalue weighted by atomic mass is 9.87. The minimum absolute atomic E-state index is 0.0254. The summed E-state index contributed by atoms with van der Waals surface area (Å²) in [5.74, 6) is 0.112. The third kappa shape index (κ3) is 3.18. The summed E-state index contributed by atoms with van der Waals surface area (Å²) in [6.07, 6.45) is 3.66. The molecule has 0 amide bonds. The molecule has 0 aliphatic rings. The summed E-state index contributed by atoms with van der Waals surface area (Å²) in [4.78, 5) is 10.6. The predicted octanol–water partition coefficient (Wildman–Crippen LogP) is 1.93. The van der Waals surface area contributed by atoms with E-state index in [1.807, 2.05) is 20.8 Å². The molecule has 0 heterocycles. The Morgan fingerprint density at radius 2 is 2.08 bits per heavy atom. The van der Waals surface area contributed by atoms with Crippen LogP contribution in [0.4, 0.5) is 0 Å². The van der Waals surface area contributed by atoms with E-state index in [1.165, 1.54) is 13.0 Å². The summed E-state index contributed by atoms with van der Waals surface area (Å²) in [6.45, 7) is 7.26. The molecule has 0 aliphatic carbocycles. The molecule has 0 fully saturated rings. The van der Waals surface area contributed by atoms with Crippen LogP contribution in [-0.2, 0) is 4.79 Å². The Labute approximate surface area is 74.3 Å². The van der Waals surface area contributed by atoms with E-state index in [0.717, 1.165) is 0 Å². The maximum Gasteiger partial charge on any atom is 0.152 e. The van der Waals surface area contributed by atoms with Crippen molar-refractivity contribution in [3.63, 3.8) is 0 Å². The lowest BCUT2D eigenvalue weighted by molar-refractivity contribution is -0.112. The maximum atomic E-state index is 10.6. The smallest absolute Gasteiger partial charge is 0.152 e. The summed E-state index contributed by atoms with van der Waals surface area (Å²) in [7, 11) is 0. The number of carbonyl (C=O) groups is 1. The molecule has 1 atom stereocenters. The molecular formula is C10H18O2. The van der Waals surface area contributed by atoms with Crippen molar-refractivity contribution in [1.29, 1.82) is 0 Å². The van der Waals surface area contributed by atoms with Crippen LogP contribution in [0.1, 0.15) is 34.1 Å². The summed E-state index contributed by atoms with van der Waals surface area (Å²) in [5.41, 5.74) is -0.828. The fourth-order valence-electron chi connectivity index (χ4n) is 0.980. The van der Waals surface area contributed by atoms with Crippen molar-refractivity contribution in [1.82, 2.24) is 0 Å². The average molecular weight is 170 g/mol. The van der Waals surface area contributed by atoms with Gasteiger partial charge in [0.25, 0.3) is 0 Å². The van der Waals surface area contributed by atoms with E-state index in [-0.39, 0.29) is 11.7 Å². The number of ketones is 1. The number of hydrogen-bond acceptors (Lipinski definition) is 2. The number of carbonyl (C=O) groups excluding carboxylic acids is 1. The van der Waals surface area contributed by atoms with Crippen molar-refractivity contribution >= 4 is 5.78 Å². The Kier molecular flexibility index (Phi) is 4.18. The third-order valence-electron chi connectivity index (χ3n) is 2.17. The van der Waals surface area contributed by atoms with Gasteiger partial charge < -0.3 is 5.11 Å². The number of hydrogen-bond donors (Lipinski definition) is 1. The topological polar surface area (TPSA) is 37.3 Å². The van der Waals surface area contributed by atoms with Gasteiger partial charge >= 0.3 is 0 Å². The largest absolute Gasteiger partial charge is 0.386 e. The quantitative estimate of drug-likeness (QED) is 0.654. The van der Waals surface area contributed by atoms with Crippen molar-refractivity contribution < 1.29 is 9.90 Å². The lowest BCUT2D eigenvalue weighted by Gasteiger charge is -2.27. The van der Waals surface area contributed by atoms with Crippen molar-refractivity contribution in [2.75, 3.05) is 0 Å². The first-order chi connectivity index (χ1) is 5.42. The Balaban J connectivity index is 4.44. The van der Waals surface area contributed by atoms with Crippen LogP contribution in [0.3, 0.4) is 0 Å². The van der Waals surface area contributed by atoms with Gasteiger partial charge in [0.05, 0.1) is 5.60 Å². The van der Waals surface area contributed by atoms with E-state index in [0.29, 0.717) is 6.42 Å². The molecule has 0 aromatic rings. The molecule has 0 aromatic carbocycles. The monoisotopic (exact) mass is 170 g/mol. The predicted molar refractivity (Wildman–Crippen MR) is 49.9 cm³/mol. The Hall–Kier alpha value is -0.630. The molecule has 2 nitrogen and oxygen atoms in total. The molecule has 0 saturated heterocycles. The van der Waals surface area contributed by atoms with E-state index in [1.54, 1.807) is 6.08 Å². The molecule has 2 heteroatoms. The second-order valence-electron chi connectivity index (χ2n) is 3.44. The molecule has 0 bridgehead atoms. The highest BCUT2D eigenvalue weighted by Gasteiger charge is 2.25. The Bertz CT molecular complexity index is 182. The number of rotatable bonds is 4. The summed E-state index contributed by atoms with van der Waals surface area (Å²) < 4.78 is 0. The molecule has 0 spiro atoms. The zero-order valence-corrected chi connectivity index (χ0v) is 8.29. The van der Waals surface area contributed by atoms with Gasteiger partial charge in [0.1, 0.15) is 0 Å². The average Bonchev–Trinajstić information content (AvgIpc) is 1.99. The summed E-state index contributed by atoms with van der Waals surface area (Å²) in [5, 5.41) is 9.91. The normalized spacial score (nSPS) is 16.8. The van der Waals surface area contributed by atoms with Crippen LogP contribution in [0, 0.1) is 5.92 Å². The molecule has 1 N–H and O–H groups in total. The van der Waals surface area contributed by atoms with Crippen LogP contribution in [0.15, 0.2) is 12.2 Å². The van der Waals surface area contributed by atoms with Gasteiger partial charge in [-0.1, -0.05) is 20.8 Å². The number of aliphatic hydroxyl groups is 1. The van der Waals surface area contributed by atoms with Gasteiger partial charge in [-0.25, -0.2) is 0 Å². The molecule has 0 aliphatic heterocycles. The van der Waals surface area contributed by atoms with Crippen LogP contribution in [0.5, 0.6) is 0 Å². The molecule has 0 radical (unpaired) electrons. The van der Waals surface area contributed by atoms with E-state index in [4.69, 9.17) is 0 Å². The molecule has 1 unspecified atom stereocenters. The van der Waals surface area contributed by atoms with Crippen LogP contribution < -0.4 is 0 Å². The molecule has 0 saturated carbocycles. The van der Waals surface area contributed by atoms with E-state index in [2.05, 4.69) is 0 Å². The first-order valence-electron chi connectivity index (χ1n) is 4.34. The van der Waals surface area contributed by atoms with Crippen LogP contribution in [0.2, 0.25) is 0 Å². The van der Waals surface area contributed by atoms with Gasteiger partial charge in [-0.15, -0.1) is 0 Å². The van der Waals surface area contributed by atoms with E-state index >= 15 is 0 Å². The maximum absolute atomic E-state index is 10.6. The van der Waals surface area contributed by atoms with Crippen LogP contribution >= 0.6 is 0 Å². The summed E-state index contributed by atoms with van der Waals surface area (Å²) >= 11 is 0. The van der Waals surface area contributed by atoms with Crippen LogP contribution in [0.25, 0.3) is 0 Å². The SMILES string of the molecule is CCC(O)(/C=C/C(C)=O)C(C)C. The van der Waals surface area contributed by atoms with Gasteiger partial charge in [-0.05, 0) is 31.4 Å². The standard InChI is InChI=1S/C10H18O2/c1-5-10(12,8(2)3)7-6-9(4)11/h6-8,12H,5H2,1-4H3/b7-6+. The highest BCUT2D eigenvalue weighted by molar-refractivity contribution is 5.87. The van der Waals surface area contributed by atoms with Gasteiger partial charge in [0.2, 0.25) is 0 Å². The van der Waals surface area contributed by atoms with Crippen molar-refractivity contribution in [2.24, 2.45) is 5.92 Å². The van der Waals surface area contributed by atoms with Gasteiger partial charge in [-0.2, -0.15) is 0 Å². The highest BCUT2D eigenvalue weighted by atomic mass is 16.3. The van der Waals surface area contributed by atoms with Crippen LogP contribution in [-0.4, -0.2) is 16.5 Å². The van der Waals surface area contributed by atoms with Gasteiger partial charge in [-0.3, -0.25) is 4.79 Å². The molecule has 70 valence electrons. The fourth-order valence-corrected chi connectivity index (χ4v) is 0.980. The zero-order chi connectivity index (χ0) is 9.78. The third-order valence-corrected chi connectivity index (χ3v) is 2.17. The van der Waals surface area contributed by atoms with E-state index < -0.39 is 5.60 Å². The van der Waals surface area contributed by atoms with Gasteiger partial charge in [0, 0.05) is 0 Å². The van der Waals surface area contributed by atoms with Crippen molar-refractivity contribution in [2.45, 2.75) is 39.7 Å². The van der Waals surface area contributed by atoms with Crippen molar-refractivity contribution in [3.05, 3.63) is 12.2 Å². The Morgan fingerprint density at radius 3 is 2.33 bits per heavy atom. The highest BCUT2D eigenvalue weighted by Crippen LogP contribution is 2.22. The Morgan fingerprint density at radius 1 is 1.58 bits per heavy atom. The first kappa shape index (κ1) is 11.4. The minimum atomic E-state index is -0.828. The van der Waals surface area contributed by atoms with Gasteiger partial charge in [0.15, 0.2) is 5.78 Å².